The maximum Gasteiger partial charge on any atom is 0.335 e. The topological polar surface area (TPSA) is 65.1 Å². The van der Waals surface area contributed by atoms with Crippen molar-refractivity contribution < 1.29 is 23.8 Å². The molecule has 0 aromatic heterocycles. The summed E-state index contributed by atoms with van der Waals surface area (Å²) in [4.78, 5) is 28.0. The van der Waals surface area contributed by atoms with Crippen LogP contribution >= 0.6 is 0 Å². The first-order valence-electron chi connectivity index (χ1n) is 10.1. The molecule has 0 aliphatic carbocycles. The Morgan fingerprint density at radius 1 is 1.00 bits per heavy atom. The van der Waals surface area contributed by atoms with E-state index >= 15 is 0 Å². The Morgan fingerprint density at radius 2 is 1.65 bits per heavy atom. The van der Waals surface area contributed by atoms with E-state index in [-0.39, 0.29) is 19.1 Å². The first kappa shape index (κ1) is 22.6. The van der Waals surface area contributed by atoms with Crippen LogP contribution < -0.4 is 4.74 Å². The molecule has 0 saturated carbocycles. The standard InChI is InChI=1S/C25H29NO5/c1-18-22(27)26(15-19-11-13-21(29-4)14-12-19)25(23(28)30-5,24(18,2)3)17-31-16-20-9-7-6-8-10-20/h6-14H,1,15-17H2,2-5H3/t25-/m0/s1. The Balaban J connectivity index is 1.96. The van der Waals surface area contributed by atoms with Crippen LogP contribution in [0.3, 0.4) is 0 Å². The molecule has 0 N–H and O–H groups in total. The van der Waals surface area contributed by atoms with Crippen LogP contribution in [0.15, 0.2) is 66.7 Å². The van der Waals surface area contributed by atoms with Crippen molar-refractivity contribution in [2.45, 2.75) is 32.5 Å². The predicted molar refractivity (Wildman–Crippen MR) is 117 cm³/mol. The van der Waals surface area contributed by atoms with E-state index in [2.05, 4.69) is 6.58 Å². The molecule has 2 aromatic carbocycles. The van der Waals surface area contributed by atoms with Gasteiger partial charge in [0.1, 0.15) is 5.75 Å². The molecule has 6 heteroatoms. The molecule has 1 aliphatic heterocycles. The number of nitrogens with zero attached hydrogens (tertiary/aromatic N) is 1. The SMILES string of the molecule is C=C1C(=O)N(Cc2ccc(OC)cc2)[C@@](COCc2ccccc2)(C(=O)OC)C1(C)C. The zero-order valence-corrected chi connectivity index (χ0v) is 18.5. The summed E-state index contributed by atoms with van der Waals surface area (Å²) in [6.07, 6.45) is 0. The van der Waals surface area contributed by atoms with E-state index in [9.17, 15) is 9.59 Å². The number of carbonyl (C=O) groups excluding carboxylic acids is 2. The van der Waals surface area contributed by atoms with E-state index in [0.717, 1.165) is 11.1 Å². The molecule has 6 nitrogen and oxygen atoms in total. The lowest BCUT2D eigenvalue weighted by Crippen LogP contribution is -2.61. The molecule has 31 heavy (non-hydrogen) atoms. The van der Waals surface area contributed by atoms with E-state index in [1.54, 1.807) is 7.11 Å². The summed E-state index contributed by atoms with van der Waals surface area (Å²) in [6.45, 7) is 8.20. The lowest BCUT2D eigenvalue weighted by Gasteiger charge is -2.43. The minimum Gasteiger partial charge on any atom is -0.497 e. The van der Waals surface area contributed by atoms with Gasteiger partial charge < -0.3 is 19.1 Å². The summed E-state index contributed by atoms with van der Waals surface area (Å²) >= 11 is 0. The van der Waals surface area contributed by atoms with Gasteiger partial charge in [0.05, 0.1) is 27.4 Å². The lowest BCUT2D eigenvalue weighted by atomic mass is 9.71. The van der Waals surface area contributed by atoms with Gasteiger partial charge in [-0.2, -0.15) is 0 Å². The second-order valence-corrected chi connectivity index (χ2v) is 8.17. The third-order valence-electron chi connectivity index (χ3n) is 6.20. The average molecular weight is 424 g/mol. The van der Waals surface area contributed by atoms with Crippen molar-refractivity contribution in [3.8, 4) is 5.75 Å². The van der Waals surface area contributed by atoms with Crippen molar-refractivity contribution >= 4 is 11.9 Å². The molecular formula is C25H29NO5. The molecule has 1 saturated heterocycles. The van der Waals surface area contributed by atoms with Crippen molar-refractivity contribution in [3.63, 3.8) is 0 Å². The van der Waals surface area contributed by atoms with Gasteiger partial charge in [-0.25, -0.2) is 4.79 Å². The third-order valence-corrected chi connectivity index (χ3v) is 6.20. The van der Waals surface area contributed by atoms with Crippen LogP contribution in [-0.4, -0.2) is 43.1 Å². The summed E-state index contributed by atoms with van der Waals surface area (Å²) in [5.41, 5.74) is -0.0406. The fourth-order valence-electron chi connectivity index (χ4n) is 4.05. The maximum atomic E-state index is 13.3. The van der Waals surface area contributed by atoms with Crippen LogP contribution in [0.1, 0.15) is 25.0 Å². The van der Waals surface area contributed by atoms with Crippen LogP contribution in [0.2, 0.25) is 0 Å². The highest BCUT2D eigenvalue weighted by Crippen LogP contribution is 2.50. The fourth-order valence-corrected chi connectivity index (χ4v) is 4.05. The van der Waals surface area contributed by atoms with Gasteiger partial charge in [0, 0.05) is 17.5 Å². The smallest absolute Gasteiger partial charge is 0.335 e. The summed E-state index contributed by atoms with van der Waals surface area (Å²) < 4.78 is 16.4. The van der Waals surface area contributed by atoms with Gasteiger partial charge in [0.15, 0.2) is 5.54 Å². The largest absolute Gasteiger partial charge is 0.497 e. The summed E-state index contributed by atoms with van der Waals surface area (Å²) in [5.74, 6) is -0.0905. The highest BCUT2D eigenvalue weighted by molar-refractivity contribution is 6.04. The van der Waals surface area contributed by atoms with Crippen LogP contribution in [-0.2, 0) is 32.2 Å². The van der Waals surface area contributed by atoms with Gasteiger partial charge in [-0.1, -0.05) is 62.9 Å². The van der Waals surface area contributed by atoms with Gasteiger partial charge in [-0.15, -0.1) is 0 Å². The molecule has 0 radical (unpaired) electrons. The molecule has 1 amide bonds. The second kappa shape index (κ2) is 8.94. The van der Waals surface area contributed by atoms with Gasteiger partial charge in [0.2, 0.25) is 0 Å². The Kier molecular flexibility index (Phi) is 6.51. The van der Waals surface area contributed by atoms with E-state index in [4.69, 9.17) is 14.2 Å². The molecular weight excluding hydrogens is 394 g/mol. The molecule has 2 aromatic rings. The molecule has 3 rings (SSSR count). The Bertz CT molecular complexity index is 952. The van der Waals surface area contributed by atoms with Crippen molar-refractivity contribution in [3.05, 3.63) is 77.9 Å². The molecule has 1 fully saturated rings. The monoisotopic (exact) mass is 423 g/mol. The normalized spacial score (nSPS) is 20.1. The number of hydrogen-bond donors (Lipinski definition) is 0. The van der Waals surface area contributed by atoms with Crippen molar-refractivity contribution in [2.75, 3.05) is 20.8 Å². The molecule has 0 bridgehead atoms. The molecule has 0 unspecified atom stereocenters. The second-order valence-electron chi connectivity index (χ2n) is 8.17. The average Bonchev–Trinajstić information content (AvgIpc) is 2.93. The van der Waals surface area contributed by atoms with Crippen molar-refractivity contribution in [1.29, 1.82) is 0 Å². The minimum atomic E-state index is -1.34. The van der Waals surface area contributed by atoms with E-state index in [1.165, 1.54) is 12.0 Å². The minimum absolute atomic E-state index is 0.0114. The third kappa shape index (κ3) is 3.95. The summed E-state index contributed by atoms with van der Waals surface area (Å²) in [5, 5.41) is 0. The maximum absolute atomic E-state index is 13.3. The van der Waals surface area contributed by atoms with Crippen LogP contribution in [0, 0.1) is 5.41 Å². The highest BCUT2D eigenvalue weighted by atomic mass is 16.5. The number of carbonyl (C=O) groups is 2. The van der Waals surface area contributed by atoms with Gasteiger partial charge in [-0.3, -0.25) is 4.79 Å². The number of rotatable bonds is 8. The van der Waals surface area contributed by atoms with Gasteiger partial charge in [0.25, 0.3) is 5.91 Å². The number of amides is 1. The number of benzene rings is 2. The number of esters is 1. The summed E-state index contributed by atoms with van der Waals surface area (Å²) in [7, 11) is 2.92. The fraction of sp³-hybridized carbons (Fsp3) is 0.360. The lowest BCUT2D eigenvalue weighted by molar-refractivity contribution is -0.169. The number of ether oxygens (including phenoxy) is 3. The zero-order valence-electron chi connectivity index (χ0n) is 18.5. The van der Waals surface area contributed by atoms with E-state index in [1.807, 2.05) is 68.4 Å². The molecule has 1 aliphatic rings. The quantitative estimate of drug-likeness (QED) is 0.478. The number of methoxy groups -OCH3 is 2. The Labute approximate surface area is 183 Å². The zero-order chi connectivity index (χ0) is 22.6. The highest BCUT2D eigenvalue weighted by Gasteiger charge is 2.65. The Hall–Kier alpha value is -3.12. The molecule has 1 heterocycles. The van der Waals surface area contributed by atoms with Crippen molar-refractivity contribution in [1.82, 2.24) is 4.90 Å². The van der Waals surface area contributed by atoms with Crippen molar-refractivity contribution in [2.24, 2.45) is 5.41 Å². The van der Waals surface area contributed by atoms with Gasteiger partial charge >= 0.3 is 5.97 Å². The van der Waals surface area contributed by atoms with Crippen LogP contribution in [0.4, 0.5) is 0 Å². The first-order chi connectivity index (χ1) is 14.8. The molecule has 1 atom stereocenters. The first-order valence-corrected chi connectivity index (χ1v) is 10.1. The van der Waals surface area contributed by atoms with E-state index in [0.29, 0.717) is 17.9 Å². The van der Waals surface area contributed by atoms with Gasteiger partial charge in [-0.05, 0) is 23.3 Å². The molecule has 0 spiro atoms. The number of hydrogen-bond acceptors (Lipinski definition) is 5. The van der Waals surface area contributed by atoms with Crippen LogP contribution in [0.25, 0.3) is 0 Å². The Morgan fingerprint density at radius 3 is 2.23 bits per heavy atom. The number of likely N-dealkylation sites (tertiary alicyclic amines) is 1. The van der Waals surface area contributed by atoms with E-state index < -0.39 is 16.9 Å². The van der Waals surface area contributed by atoms with Crippen LogP contribution in [0.5, 0.6) is 5.75 Å². The summed E-state index contributed by atoms with van der Waals surface area (Å²) in [6, 6.07) is 17.1. The molecule has 164 valence electrons. The predicted octanol–water partition coefficient (Wildman–Crippen LogP) is 3.75.